The molecule has 0 aliphatic heterocycles. The fourth-order valence-electron chi connectivity index (χ4n) is 3.36. The lowest BCUT2D eigenvalue weighted by Gasteiger charge is -2.43. The molecule has 3 heteroatoms. The van der Waals surface area contributed by atoms with Crippen molar-refractivity contribution < 1.29 is 4.39 Å². The molecule has 2 rings (SSSR count). The van der Waals surface area contributed by atoms with Crippen molar-refractivity contribution in [1.29, 1.82) is 0 Å². The van der Waals surface area contributed by atoms with E-state index in [-0.39, 0.29) is 5.82 Å². The number of hydrogen-bond acceptors (Lipinski definition) is 1. The van der Waals surface area contributed by atoms with Crippen LogP contribution in [0.25, 0.3) is 0 Å². The van der Waals surface area contributed by atoms with E-state index >= 15 is 0 Å². The van der Waals surface area contributed by atoms with E-state index < -0.39 is 5.54 Å². The smallest absolute Gasteiger partial charge is 0.142 e. The van der Waals surface area contributed by atoms with Crippen LogP contribution >= 0.6 is 15.9 Å². The second kappa shape index (κ2) is 5.76. The third-order valence-corrected chi connectivity index (χ3v) is 5.99. The van der Waals surface area contributed by atoms with Gasteiger partial charge in [0.2, 0.25) is 0 Å². The highest BCUT2D eigenvalue weighted by Gasteiger charge is 2.39. The molecule has 112 valence electrons. The number of halogens is 2. The Labute approximate surface area is 130 Å². The number of rotatable bonds is 3. The predicted molar refractivity (Wildman–Crippen MR) is 86.0 cm³/mol. The summed E-state index contributed by atoms with van der Waals surface area (Å²) in [4.78, 5) is 0. The quantitative estimate of drug-likeness (QED) is 0.785. The molecule has 1 aromatic carbocycles. The molecule has 0 heterocycles. The largest absolute Gasteiger partial charge is 0.321 e. The van der Waals surface area contributed by atoms with Crippen LogP contribution in [0.3, 0.4) is 0 Å². The van der Waals surface area contributed by atoms with Crippen LogP contribution in [0.1, 0.15) is 58.4 Å². The SMILES string of the molecule is CCC(C)(C)C1CCC(N)(c2cccc(Br)c2F)CC1. The fourth-order valence-corrected chi connectivity index (χ4v) is 3.73. The van der Waals surface area contributed by atoms with Crippen molar-refractivity contribution in [1.82, 2.24) is 0 Å². The summed E-state index contributed by atoms with van der Waals surface area (Å²) in [6.07, 6.45) is 5.09. The lowest BCUT2D eigenvalue weighted by Crippen LogP contribution is -2.43. The minimum Gasteiger partial charge on any atom is -0.321 e. The molecule has 20 heavy (non-hydrogen) atoms. The molecule has 1 nitrogen and oxygen atoms in total. The normalized spacial score (nSPS) is 27.6. The van der Waals surface area contributed by atoms with Gasteiger partial charge in [-0.15, -0.1) is 0 Å². The molecule has 1 saturated carbocycles. The molecule has 0 saturated heterocycles. The number of hydrogen-bond donors (Lipinski definition) is 1. The van der Waals surface area contributed by atoms with Gasteiger partial charge in [-0.2, -0.15) is 0 Å². The topological polar surface area (TPSA) is 26.0 Å². The van der Waals surface area contributed by atoms with Gasteiger partial charge in [-0.25, -0.2) is 4.39 Å². The first-order valence-electron chi connectivity index (χ1n) is 7.53. The number of benzene rings is 1. The Balaban J connectivity index is 2.18. The molecular formula is C17H25BrFN. The summed E-state index contributed by atoms with van der Waals surface area (Å²) in [5, 5.41) is 0. The van der Waals surface area contributed by atoms with Gasteiger partial charge in [0.15, 0.2) is 0 Å². The van der Waals surface area contributed by atoms with Crippen LogP contribution in [0.4, 0.5) is 4.39 Å². The third kappa shape index (κ3) is 2.94. The summed E-state index contributed by atoms with van der Waals surface area (Å²) in [7, 11) is 0. The van der Waals surface area contributed by atoms with Crippen molar-refractivity contribution >= 4 is 15.9 Å². The first kappa shape index (κ1) is 16.0. The molecule has 0 amide bonds. The van der Waals surface area contributed by atoms with Crippen LogP contribution in [0.2, 0.25) is 0 Å². The van der Waals surface area contributed by atoms with Gasteiger partial charge in [0.05, 0.1) is 4.47 Å². The highest BCUT2D eigenvalue weighted by Crippen LogP contribution is 2.46. The van der Waals surface area contributed by atoms with E-state index in [0.29, 0.717) is 21.4 Å². The van der Waals surface area contributed by atoms with E-state index in [0.717, 1.165) is 25.7 Å². The van der Waals surface area contributed by atoms with Crippen LogP contribution in [-0.4, -0.2) is 0 Å². The first-order valence-corrected chi connectivity index (χ1v) is 8.33. The van der Waals surface area contributed by atoms with Gasteiger partial charge in [-0.1, -0.05) is 39.3 Å². The van der Waals surface area contributed by atoms with Crippen LogP contribution in [0, 0.1) is 17.2 Å². The summed E-state index contributed by atoms with van der Waals surface area (Å²) in [5.41, 5.74) is 7.06. The Hall–Kier alpha value is -0.410. The van der Waals surface area contributed by atoms with E-state index in [2.05, 4.69) is 36.7 Å². The zero-order valence-electron chi connectivity index (χ0n) is 12.7. The maximum absolute atomic E-state index is 14.3. The monoisotopic (exact) mass is 341 g/mol. The zero-order chi connectivity index (χ0) is 15.0. The van der Waals surface area contributed by atoms with Gasteiger partial charge in [0.1, 0.15) is 5.82 Å². The Kier molecular flexibility index (Phi) is 4.60. The molecule has 0 radical (unpaired) electrons. The minimum atomic E-state index is -0.506. The van der Waals surface area contributed by atoms with Crippen molar-refractivity contribution in [3.63, 3.8) is 0 Å². The molecule has 0 spiro atoms. The summed E-state index contributed by atoms with van der Waals surface area (Å²) in [6.45, 7) is 6.92. The van der Waals surface area contributed by atoms with Crippen LogP contribution in [-0.2, 0) is 5.54 Å². The van der Waals surface area contributed by atoms with Gasteiger partial charge >= 0.3 is 0 Å². The van der Waals surface area contributed by atoms with E-state index in [4.69, 9.17) is 5.73 Å². The van der Waals surface area contributed by atoms with Crippen molar-refractivity contribution in [3.05, 3.63) is 34.1 Å². The van der Waals surface area contributed by atoms with Crippen molar-refractivity contribution in [3.8, 4) is 0 Å². The van der Waals surface area contributed by atoms with E-state index in [1.54, 1.807) is 6.07 Å². The maximum Gasteiger partial charge on any atom is 0.142 e. The highest BCUT2D eigenvalue weighted by atomic mass is 79.9. The molecule has 1 aromatic rings. The Bertz CT molecular complexity index is 476. The maximum atomic E-state index is 14.3. The standard InChI is InChI=1S/C17H25BrFN/c1-4-16(2,3)12-8-10-17(20,11-9-12)13-6-5-7-14(18)15(13)19/h5-7,12H,4,8-11,20H2,1-3H3. The minimum absolute atomic E-state index is 0.191. The molecule has 1 aliphatic carbocycles. The van der Waals surface area contributed by atoms with E-state index in [9.17, 15) is 4.39 Å². The molecule has 0 unspecified atom stereocenters. The van der Waals surface area contributed by atoms with Crippen molar-refractivity contribution in [2.24, 2.45) is 17.1 Å². The van der Waals surface area contributed by atoms with E-state index in [1.165, 1.54) is 6.42 Å². The van der Waals surface area contributed by atoms with Gasteiger partial charge in [-0.3, -0.25) is 0 Å². The van der Waals surface area contributed by atoms with Gasteiger partial charge in [0.25, 0.3) is 0 Å². The van der Waals surface area contributed by atoms with E-state index in [1.807, 2.05) is 12.1 Å². The Morgan fingerprint density at radius 1 is 1.35 bits per heavy atom. The van der Waals surface area contributed by atoms with Gasteiger partial charge < -0.3 is 5.73 Å². The summed E-state index contributed by atoms with van der Waals surface area (Å²) in [5.74, 6) is 0.502. The zero-order valence-corrected chi connectivity index (χ0v) is 14.3. The van der Waals surface area contributed by atoms with Crippen LogP contribution in [0.15, 0.2) is 22.7 Å². The number of nitrogens with two attached hydrogens (primary N) is 1. The Morgan fingerprint density at radius 3 is 2.50 bits per heavy atom. The summed E-state index contributed by atoms with van der Waals surface area (Å²) >= 11 is 3.26. The molecule has 0 atom stereocenters. The average Bonchev–Trinajstić information content (AvgIpc) is 2.42. The first-order chi connectivity index (χ1) is 9.30. The molecule has 1 aliphatic rings. The summed E-state index contributed by atoms with van der Waals surface area (Å²) in [6, 6.07) is 5.44. The molecule has 0 aromatic heterocycles. The molecular weight excluding hydrogens is 317 g/mol. The van der Waals surface area contributed by atoms with Gasteiger partial charge in [-0.05, 0) is 59.0 Å². The average molecular weight is 342 g/mol. The fraction of sp³-hybridized carbons (Fsp3) is 0.647. The Morgan fingerprint density at radius 2 is 1.95 bits per heavy atom. The third-order valence-electron chi connectivity index (χ3n) is 5.38. The lowest BCUT2D eigenvalue weighted by atomic mass is 9.64. The molecule has 1 fully saturated rings. The molecule has 2 N–H and O–H groups in total. The molecule has 0 bridgehead atoms. The second-order valence-electron chi connectivity index (χ2n) is 6.87. The van der Waals surface area contributed by atoms with Gasteiger partial charge in [0, 0.05) is 11.1 Å². The second-order valence-corrected chi connectivity index (χ2v) is 7.73. The summed E-state index contributed by atoms with van der Waals surface area (Å²) < 4.78 is 14.8. The lowest BCUT2D eigenvalue weighted by molar-refractivity contribution is 0.113. The highest BCUT2D eigenvalue weighted by molar-refractivity contribution is 9.10. The predicted octanol–water partition coefficient (Wildman–Crippen LogP) is 5.37. The van der Waals surface area contributed by atoms with Crippen LogP contribution < -0.4 is 5.73 Å². The van der Waals surface area contributed by atoms with Crippen molar-refractivity contribution in [2.45, 2.75) is 58.4 Å². The van der Waals surface area contributed by atoms with Crippen molar-refractivity contribution in [2.75, 3.05) is 0 Å². The van der Waals surface area contributed by atoms with Crippen LogP contribution in [0.5, 0.6) is 0 Å².